The van der Waals surface area contributed by atoms with Gasteiger partial charge < -0.3 is 5.32 Å². The molecule has 0 bridgehead atoms. The highest BCUT2D eigenvalue weighted by Crippen LogP contribution is 2.12. The molecule has 2 heterocycles. The lowest BCUT2D eigenvalue weighted by molar-refractivity contribution is 0.102. The van der Waals surface area contributed by atoms with Crippen molar-refractivity contribution >= 4 is 11.6 Å². The van der Waals surface area contributed by atoms with Crippen LogP contribution in [0.5, 0.6) is 0 Å². The fraction of sp³-hybridized carbons (Fsp3) is 0.188. The average molecular weight is 295 g/mol. The smallest absolute Gasteiger partial charge is 0.255 e. The van der Waals surface area contributed by atoms with Crippen LogP contribution < -0.4 is 5.32 Å². The first-order valence-electron chi connectivity index (χ1n) is 7.20. The van der Waals surface area contributed by atoms with Crippen molar-refractivity contribution in [2.75, 3.05) is 5.32 Å². The average Bonchev–Trinajstić information content (AvgIpc) is 3.20. The number of amides is 1. The number of aryl methyl sites for hydroxylation is 1. The molecule has 0 saturated carbocycles. The van der Waals surface area contributed by atoms with Crippen LogP contribution in [0.1, 0.15) is 23.7 Å². The molecule has 112 valence electrons. The van der Waals surface area contributed by atoms with E-state index < -0.39 is 0 Å². The fourth-order valence-electron chi connectivity index (χ4n) is 2.19. The third kappa shape index (κ3) is 3.06. The SMILES string of the molecule is CCCn1cc(NC(=O)c2cccc(-n3cccn3)c2)cn1. The predicted molar refractivity (Wildman–Crippen MR) is 84.0 cm³/mol. The molecule has 0 aliphatic carbocycles. The Morgan fingerprint density at radius 3 is 2.95 bits per heavy atom. The van der Waals surface area contributed by atoms with Gasteiger partial charge in [0.05, 0.1) is 17.6 Å². The molecule has 1 aromatic carbocycles. The Morgan fingerprint density at radius 2 is 2.18 bits per heavy atom. The van der Waals surface area contributed by atoms with Gasteiger partial charge in [-0.15, -0.1) is 0 Å². The van der Waals surface area contributed by atoms with Crippen LogP contribution in [-0.4, -0.2) is 25.5 Å². The molecular formula is C16H17N5O. The second-order valence-corrected chi connectivity index (χ2v) is 4.95. The third-order valence-electron chi connectivity index (χ3n) is 3.22. The Balaban J connectivity index is 1.75. The number of carbonyl (C=O) groups is 1. The van der Waals surface area contributed by atoms with Gasteiger partial charge in [0.1, 0.15) is 0 Å². The van der Waals surface area contributed by atoms with Crippen molar-refractivity contribution in [3.05, 3.63) is 60.7 Å². The fourth-order valence-corrected chi connectivity index (χ4v) is 2.19. The minimum atomic E-state index is -0.162. The highest BCUT2D eigenvalue weighted by molar-refractivity contribution is 6.04. The largest absolute Gasteiger partial charge is 0.319 e. The summed E-state index contributed by atoms with van der Waals surface area (Å²) in [5.74, 6) is -0.162. The molecule has 0 aliphatic heterocycles. The van der Waals surface area contributed by atoms with Gasteiger partial charge in [-0.25, -0.2) is 4.68 Å². The summed E-state index contributed by atoms with van der Waals surface area (Å²) in [7, 11) is 0. The number of hydrogen-bond donors (Lipinski definition) is 1. The number of carbonyl (C=O) groups excluding carboxylic acids is 1. The first kappa shape index (κ1) is 14.1. The van der Waals surface area contributed by atoms with E-state index in [0.29, 0.717) is 11.3 Å². The van der Waals surface area contributed by atoms with Crippen LogP contribution in [0, 0.1) is 0 Å². The van der Waals surface area contributed by atoms with E-state index in [-0.39, 0.29) is 5.91 Å². The van der Waals surface area contributed by atoms with E-state index in [4.69, 9.17) is 0 Å². The van der Waals surface area contributed by atoms with Crippen LogP contribution in [0.25, 0.3) is 5.69 Å². The van der Waals surface area contributed by atoms with Crippen LogP contribution in [0.3, 0.4) is 0 Å². The molecule has 3 rings (SSSR count). The first-order valence-corrected chi connectivity index (χ1v) is 7.20. The van der Waals surface area contributed by atoms with Crippen molar-refractivity contribution < 1.29 is 4.79 Å². The van der Waals surface area contributed by atoms with Gasteiger partial charge in [-0.2, -0.15) is 10.2 Å². The number of nitrogens with one attached hydrogen (secondary N) is 1. The number of benzene rings is 1. The van der Waals surface area contributed by atoms with Crippen molar-refractivity contribution in [2.45, 2.75) is 19.9 Å². The van der Waals surface area contributed by atoms with Gasteiger partial charge in [-0.3, -0.25) is 9.48 Å². The zero-order valence-electron chi connectivity index (χ0n) is 12.3. The summed E-state index contributed by atoms with van der Waals surface area (Å²) in [5.41, 5.74) is 2.12. The number of rotatable bonds is 5. The van der Waals surface area contributed by atoms with Crippen molar-refractivity contribution in [1.82, 2.24) is 19.6 Å². The van der Waals surface area contributed by atoms with Crippen LogP contribution >= 0.6 is 0 Å². The summed E-state index contributed by atoms with van der Waals surface area (Å²) < 4.78 is 3.53. The molecular weight excluding hydrogens is 278 g/mol. The zero-order valence-corrected chi connectivity index (χ0v) is 12.3. The minimum absolute atomic E-state index is 0.162. The van der Waals surface area contributed by atoms with E-state index in [1.807, 2.05) is 35.3 Å². The zero-order chi connectivity index (χ0) is 15.4. The molecule has 2 aromatic heterocycles. The molecule has 0 fully saturated rings. The first-order chi connectivity index (χ1) is 10.8. The highest BCUT2D eigenvalue weighted by Gasteiger charge is 2.09. The van der Waals surface area contributed by atoms with Gasteiger partial charge >= 0.3 is 0 Å². The van der Waals surface area contributed by atoms with Crippen molar-refractivity contribution in [3.8, 4) is 5.69 Å². The lowest BCUT2D eigenvalue weighted by Gasteiger charge is -2.05. The Labute approximate surface area is 128 Å². The number of aromatic nitrogens is 4. The van der Waals surface area contributed by atoms with E-state index >= 15 is 0 Å². The van der Waals surface area contributed by atoms with Gasteiger partial charge in [-0.05, 0) is 30.7 Å². The monoisotopic (exact) mass is 295 g/mol. The molecule has 0 aliphatic rings. The summed E-state index contributed by atoms with van der Waals surface area (Å²) >= 11 is 0. The molecule has 6 nitrogen and oxygen atoms in total. The summed E-state index contributed by atoms with van der Waals surface area (Å²) in [6.45, 7) is 2.92. The summed E-state index contributed by atoms with van der Waals surface area (Å²) in [6.07, 6.45) is 8.03. The van der Waals surface area contributed by atoms with Crippen LogP contribution in [0.4, 0.5) is 5.69 Å². The Kier molecular flexibility index (Phi) is 4.00. The van der Waals surface area contributed by atoms with Gasteiger partial charge in [0, 0.05) is 30.7 Å². The highest BCUT2D eigenvalue weighted by atomic mass is 16.1. The quantitative estimate of drug-likeness (QED) is 0.787. The van der Waals surface area contributed by atoms with Crippen molar-refractivity contribution in [1.29, 1.82) is 0 Å². The third-order valence-corrected chi connectivity index (χ3v) is 3.22. The number of anilines is 1. The maximum Gasteiger partial charge on any atom is 0.255 e. The molecule has 3 aromatic rings. The molecule has 0 spiro atoms. The molecule has 1 N–H and O–H groups in total. The topological polar surface area (TPSA) is 64.7 Å². The van der Waals surface area contributed by atoms with E-state index in [1.165, 1.54) is 0 Å². The summed E-state index contributed by atoms with van der Waals surface area (Å²) in [5, 5.41) is 11.2. The van der Waals surface area contributed by atoms with Crippen molar-refractivity contribution in [3.63, 3.8) is 0 Å². The van der Waals surface area contributed by atoms with E-state index in [2.05, 4.69) is 22.4 Å². The van der Waals surface area contributed by atoms with Crippen molar-refractivity contribution in [2.24, 2.45) is 0 Å². The molecule has 1 amide bonds. The minimum Gasteiger partial charge on any atom is -0.319 e. The molecule has 0 unspecified atom stereocenters. The number of hydrogen-bond acceptors (Lipinski definition) is 3. The molecule has 0 radical (unpaired) electrons. The van der Waals surface area contributed by atoms with Crippen LogP contribution in [0.15, 0.2) is 55.1 Å². The molecule has 0 saturated heterocycles. The standard InChI is InChI=1S/C16H17N5O/c1-2-8-20-12-14(11-18-20)19-16(22)13-5-3-6-15(10-13)21-9-4-7-17-21/h3-7,9-12H,2,8H2,1H3,(H,19,22). The number of nitrogens with zero attached hydrogens (tertiary/aromatic N) is 4. The predicted octanol–water partition coefficient (Wildman–Crippen LogP) is 2.73. The molecule has 6 heteroatoms. The normalized spacial score (nSPS) is 10.6. The Bertz CT molecular complexity index is 760. The maximum absolute atomic E-state index is 12.3. The maximum atomic E-state index is 12.3. The van der Waals surface area contributed by atoms with E-state index in [1.54, 1.807) is 29.2 Å². The summed E-state index contributed by atoms with van der Waals surface area (Å²) in [6, 6.07) is 9.17. The Hall–Kier alpha value is -2.89. The van der Waals surface area contributed by atoms with E-state index in [9.17, 15) is 4.79 Å². The van der Waals surface area contributed by atoms with Gasteiger partial charge in [-0.1, -0.05) is 13.0 Å². The lowest BCUT2D eigenvalue weighted by Crippen LogP contribution is -2.12. The molecule has 22 heavy (non-hydrogen) atoms. The lowest BCUT2D eigenvalue weighted by atomic mass is 10.2. The van der Waals surface area contributed by atoms with Crippen LogP contribution in [0.2, 0.25) is 0 Å². The van der Waals surface area contributed by atoms with E-state index in [0.717, 1.165) is 18.7 Å². The Morgan fingerprint density at radius 1 is 1.27 bits per heavy atom. The summed E-state index contributed by atoms with van der Waals surface area (Å²) in [4.78, 5) is 12.3. The second-order valence-electron chi connectivity index (χ2n) is 4.95. The van der Waals surface area contributed by atoms with Gasteiger partial charge in [0.2, 0.25) is 0 Å². The van der Waals surface area contributed by atoms with Crippen LogP contribution in [-0.2, 0) is 6.54 Å². The van der Waals surface area contributed by atoms with Gasteiger partial charge in [0.25, 0.3) is 5.91 Å². The second kappa shape index (κ2) is 6.26. The van der Waals surface area contributed by atoms with Gasteiger partial charge in [0.15, 0.2) is 0 Å². The molecule has 0 atom stereocenters.